The Labute approximate surface area is 133 Å². The van der Waals surface area contributed by atoms with Crippen molar-refractivity contribution in [3.63, 3.8) is 0 Å². The minimum Gasteiger partial charge on any atom is -0.506 e. The maximum atomic E-state index is 12.4. The Balaban J connectivity index is 2.10. The zero-order valence-electron chi connectivity index (χ0n) is 11.5. The molecule has 0 aliphatic carbocycles. The van der Waals surface area contributed by atoms with E-state index in [0.29, 0.717) is 15.7 Å². The molecule has 0 bridgehead atoms. The smallest absolute Gasteiger partial charge is 0.416 e. The standard InChI is InChI=1S/C15H12BrF3N2O/c1-9-6-10(14(22)13(16)7-9)8-20-21-12-4-2-11(3-5-12)15(17,18)19/h2-7,22H,8H2,1H3. The molecule has 2 rings (SSSR count). The van der Waals surface area contributed by atoms with Crippen molar-refractivity contribution in [2.45, 2.75) is 19.6 Å². The van der Waals surface area contributed by atoms with Gasteiger partial charge in [0.2, 0.25) is 0 Å². The normalized spacial score (nSPS) is 12.0. The Morgan fingerprint density at radius 2 is 1.77 bits per heavy atom. The molecule has 2 aromatic carbocycles. The van der Waals surface area contributed by atoms with Gasteiger partial charge in [0.05, 0.1) is 22.3 Å². The number of aryl methyl sites for hydroxylation is 1. The number of phenols is 1. The summed E-state index contributed by atoms with van der Waals surface area (Å²) in [5, 5.41) is 17.6. The van der Waals surface area contributed by atoms with Gasteiger partial charge in [-0.3, -0.25) is 0 Å². The van der Waals surface area contributed by atoms with E-state index in [-0.39, 0.29) is 12.3 Å². The summed E-state index contributed by atoms with van der Waals surface area (Å²) in [5.74, 6) is 0.0805. The van der Waals surface area contributed by atoms with Crippen LogP contribution in [-0.2, 0) is 12.7 Å². The molecule has 0 saturated heterocycles. The van der Waals surface area contributed by atoms with Gasteiger partial charge in [-0.25, -0.2) is 0 Å². The van der Waals surface area contributed by atoms with Gasteiger partial charge in [0.15, 0.2) is 0 Å². The third-order valence-corrected chi connectivity index (χ3v) is 3.51. The number of rotatable bonds is 3. The van der Waals surface area contributed by atoms with Crippen molar-refractivity contribution in [2.24, 2.45) is 10.2 Å². The highest BCUT2D eigenvalue weighted by Gasteiger charge is 2.29. The number of halogens is 4. The van der Waals surface area contributed by atoms with E-state index in [1.165, 1.54) is 12.1 Å². The third-order valence-electron chi connectivity index (χ3n) is 2.91. The largest absolute Gasteiger partial charge is 0.506 e. The molecule has 0 amide bonds. The van der Waals surface area contributed by atoms with E-state index in [0.717, 1.165) is 17.7 Å². The molecule has 0 saturated carbocycles. The highest BCUT2D eigenvalue weighted by atomic mass is 79.9. The van der Waals surface area contributed by atoms with Crippen molar-refractivity contribution in [1.29, 1.82) is 0 Å². The van der Waals surface area contributed by atoms with Crippen molar-refractivity contribution in [1.82, 2.24) is 0 Å². The molecule has 7 heteroatoms. The van der Waals surface area contributed by atoms with E-state index in [1.54, 1.807) is 12.1 Å². The van der Waals surface area contributed by atoms with Crippen LogP contribution in [0.5, 0.6) is 5.75 Å². The fourth-order valence-corrected chi connectivity index (χ4v) is 2.45. The van der Waals surface area contributed by atoms with E-state index in [4.69, 9.17) is 0 Å². The molecule has 0 fully saturated rings. The number of aromatic hydroxyl groups is 1. The van der Waals surface area contributed by atoms with Crippen molar-refractivity contribution >= 4 is 21.6 Å². The van der Waals surface area contributed by atoms with E-state index in [2.05, 4.69) is 26.2 Å². The molecule has 1 N–H and O–H groups in total. The summed E-state index contributed by atoms with van der Waals surface area (Å²) in [4.78, 5) is 0. The highest BCUT2D eigenvalue weighted by molar-refractivity contribution is 9.10. The lowest BCUT2D eigenvalue weighted by Crippen LogP contribution is -2.03. The molecular formula is C15H12BrF3N2O. The molecule has 116 valence electrons. The average Bonchev–Trinajstić information content (AvgIpc) is 2.43. The fraction of sp³-hybridized carbons (Fsp3) is 0.200. The van der Waals surface area contributed by atoms with Crippen LogP contribution >= 0.6 is 15.9 Å². The highest BCUT2D eigenvalue weighted by Crippen LogP contribution is 2.31. The van der Waals surface area contributed by atoms with Crippen molar-refractivity contribution in [3.8, 4) is 5.75 Å². The van der Waals surface area contributed by atoms with Gasteiger partial charge in [-0.05, 0) is 58.7 Å². The van der Waals surface area contributed by atoms with E-state index >= 15 is 0 Å². The molecular weight excluding hydrogens is 361 g/mol. The Kier molecular flexibility index (Phi) is 4.85. The number of hydrogen-bond acceptors (Lipinski definition) is 3. The lowest BCUT2D eigenvalue weighted by atomic mass is 10.1. The molecule has 0 atom stereocenters. The summed E-state index contributed by atoms with van der Waals surface area (Å²) in [5.41, 5.74) is 1.12. The topological polar surface area (TPSA) is 45.0 Å². The molecule has 0 heterocycles. The number of alkyl halides is 3. The van der Waals surface area contributed by atoms with Gasteiger partial charge in [0.25, 0.3) is 0 Å². The summed E-state index contributed by atoms with van der Waals surface area (Å²) < 4.78 is 37.8. The zero-order valence-corrected chi connectivity index (χ0v) is 13.1. The van der Waals surface area contributed by atoms with Gasteiger partial charge in [-0.2, -0.15) is 23.4 Å². The van der Waals surface area contributed by atoms with Crippen LogP contribution in [0.1, 0.15) is 16.7 Å². The number of azo groups is 1. The van der Waals surface area contributed by atoms with Crippen LogP contribution in [0.25, 0.3) is 0 Å². The Hall–Kier alpha value is -1.89. The van der Waals surface area contributed by atoms with E-state index < -0.39 is 11.7 Å². The molecule has 0 unspecified atom stereocenters. The fourth-order valence-electron chi connectivity index (χ4n) is 1.84. The van der Waals surface area contributed by atoms with Crippen LogP contribution in [0.3, 0.4) is 0 Å². The minimum atomic E-state index is -4.37. The second-order valence-electron chi connectivity index (χ2n) is 4.70. The first-order chi connectivity index (χ1) is 10.3. The Bertz CT molecular complexity index is 697. The SMILES string of the molecule is Cc1cc(Br)c(O)c(CN=Nc2ccc(C(F)(F)F)cc2)c1. The first-order valence-electron chi connectivity index (χ1n) is 6.30. The number of benzene rings is 2. The summed E-state index contributed by atoms with van der Waals surface area (Å²) in [7, 11) is 0. The van der Waals surface area contributed by atoms with Crippen LogP contribution in [0.2, 0.25) is 0 Å². The lowest BCUT2D eigenvalue weighted by Gasteiger charge is -2.06. The van der Waals surface area contributed by atoms with Gasteiger partial charge in [0, 0.05) is 5.56 Å². The second-order valence-corrected chi connectivity index (χ2v) is 5.55. The molecule has 0 aromatic heterocycles. The van der Waals surface area contributed by atoms with Gasteiger partial charge in [0.1, 0.15) is 5.75 Å². The first-order valence-corrected chi connectivity index (χ1v) is 7.09. The number of hydrogen-bond donors (Lipinski definition) is 1. The van der Waals surface area contributed by atoms with E-state index in [9.17, 15) is 18.3 Å². The summed E-state index contributed by atoms with van der Waals surface area (Å²) in [6.07, 6.45) is -4.37. The maximum Gasteiger partial charge on any atom is 0.416 e. The Morgan fingerprint density at radius 1 is 1.14 bits per heavy atom. The molecule has 0 aliphatic heterocycles. The molecule has 0 radical (unpaired) electrons. The molecule has 3 nitrogen and oxygen atoms in total. The van der Waals surface area contributed by atoms with Gasteiger partial charge >= 0.3 is 6.18 Å². The number of phenolic OH excluding ortho intramolecular Hbond substituents is 1. The van der Waals surface area contributed by atoms with Crippen molar-refractivity contribution in [3.05, 3.63) is 57.6 Å². The monoisotopic (exact) mass is 372 g/mol. The summed E-state index contributed by atoms with van der Waals surface area (Å²) in [6, 6.07) is 7.94. The summed E-state index contributed by atoms with van der Waals surface area (Å²) >= 11 is 3.23. The quantitative estimate of drug-likeness (QED) is 0.683. The lowest BCUT2D eigenvalue weighted by molar-refractivity contribution is -0.137. The van der Waals surface area contributed by atoms with Crippen LogP contribution < -0.4 is 0 Å². The molecule has 0 spiro atoms. The second kappa shape index (κ2) is 6.48. The molecule has 2 aromatic rings. The minimum absolute atomic E-state index is 0.0805. The zero-order chi connectivity index (χ0) is 16.3. The van der Waals surface area contributed by atoms with Crippen LogP contribution in [-0.4, -0.2) is 5.11 Å². The van der Waals surface area contributed by atoms with E-state index in [1.807, 2.05) is 6.92 Å². The van der Waals surface area contributed by atoms with Gasteiger partial charge in [-0.1, -0.05) is 6.07 Å². The first kappa shape index (κ1) is 16.5. The predicted molar refractivity (Wildman–Crippen MR) is 80.2 cm³/mol. The van der Waals surface area contributed by atoms with Gasteiger partial charge < -0.3 is 5.11 Å². The van der Waals surface area contributed by atoms with Crippen molar-refractivity contribution in [2.75, 3.05) is 0 Å². The maximum absolute atomic E-state index is 12.4. The van der Waals surface area contributed by atoms with Crippen LogP contribution in [0.15, 0.2) is 51.1 Å². The molecule has 22 heavy (non-hydrogen) atoms. The predicted octanol–water partition coefficient (Wildman–Crippen LogP) is 5.77. The summed E-state index contributed by atoms with van der Waals surface area (Å²) in [6.45, 7) is 2.01. The van der Waals surface area contributed by atoms with Crippen LogP contribution in [0.4, 0.5) is 18.9 Å². The number of nitrogens with zero attached hydrogens (tertiary/aromatic N) is 2. The van der Waals surface area contributed by atoms with Crippen molar-refractivity contribution < 1.29 is 18.3 Å². The third kappa shape index (κ3) is 4.07. The van der Waals surface area contributed by atoms with Gasteiger partial charge in [-0.15, -0.1) is 0 Å². The average molecular weight is 373 g/mol. The molecule has 0 aliphatic rings. The Morgan fingerprint density at radius 3 is 2.36 bits per heavy atom. The van der Waals surface area contributed by atoms with Crippen LogP contribution in [0, 0.1) is 6.92 Å².